The van der Waals surface area contributed by atoms with Gasteiger partial charge in [0, 0.05) is 11.3 Å². The van der Waals surface area contributed by atoms with Gasteiger partial charge in [-0.3, -0.25) is 4.79 Å². The van der Waals surface area contributed by atoms with Crippen molar-refractivity contribution >= 4 is 44.7 Å². The Bertz CT molecular complexity index is 1000. The lowest BCUT2D eigenvalue weighted by molar-refractivity contribution is 0.103. The number of carbonyl (C=O) groups is 1. The number of para-hydroxylation sites is 1. The summed E-state index contributed by atoms with van der Waals surface area (Å²) < 4.78 is 4.94. The summed E-state index contributed by atoms with van der Waals surface area (Å²) in [7, 11) is 0. The largest absolute Gasteiger partial charge is 0.321 e. The summed E-state index contributed by atoms with van der Waals surface area (Å²) in [5.74, 6) is -0.191. The normalized spacial score (nSPS) is 10.9. The number of hydrogen-bond acceptors (Lipinski definition) is 6. The molecule has 4 aromatic rings. The van der Waals surface area contributed by atoms with Gasteiger partial charge in [0.2, 0.25) is 0 Å². The first-order valence-corrected chi connectivity index (χ1v) is 8.86. The maximum absolute atomic E-state index is 12.3. The van der Waals surface area contributed by atoms with E-state index < -0.39 is 0 Å². The molecule has 0 spiro atoms. The van der Waals surface area contributed by atoms with Gasteiger partial charge in [-0.15, -0.1) is 16.4 Å². The Morgan fingerprint density at radius 2 is 2.00 bits per heavy atom. The fraction of sp³-hybridized carbons (Fsp3) is 0.0588. The highest BCUT2D eigenvalue weighted by Gasteiger charge is 2.14. The van der Waals surface area contributed by atoms with Crippen LogP contribution < -0.4 is 5.32 Å². The highest BCUT2D eigenvalue weighted by Crippen LogP contribution is 2.31. The van der Waals surface area contributed by atoms with E-state index >= 15 is 0 Å². The second-order valence-corrected chi connectivity index (χ2v) is 6.99. The van der Waals surface area contributed by atoms with E-state index in [0.717, 1.165) is 38.0 Å². The molecule has 4 rings (SSSR count). The molecule has 7 heteroatoms. The number of aromatic nitrogens is 3. The van der Waals surface area contributed by atoms with Gasteiger partial charge in [0.1, 0.15) is 9.88 Å². The number of rotatable bonds is 3. The molecule has 0 fully saturated rings. The lowest BCUT2D eigenvalue weighted by Gasteiger charge is -2.05. The van der Waals surface area contributed by atoms with Crippen LogP contribution in [0.5, 0.6) is 0 Å². The van der Waals surface area contributed by atoms with Crippen LogP contribution in [0, 0.1) is 6.92 Å². The molecular formula is C17H12N4OS2. The fourth-order valence-corrected chi connectivity index (χ4v) is 3.87. The van der Waals surface area contributed by atoms with Crippen molar-refractivity contribution in [3.05, 3.63) is 59.1 Å². The first kappa shape index (κ1) is 14.9. The monoisotopic (exact) mass is 352 g/mol. The SMILES string of the molecule is Cc1nnsc1C(=O)Nc1cccc(-c2nc3ccccc3s2)c1. The summed E-state index contributed by atoms with van der Waals surface area (Å²) in [6, 6.07) is 15.7. The number of anilines is 1. The van der Waals surface area contributed by atoms with Crippen molar-refractivity contribution in [2.24, 2.45) is 0 Å². The topological polar surface area (TPSA) is 67.8 Å². The smallest absolute Gasteiger partial charge is 0.269 e. The number of aryl methyl sites for hydroxylation is 1. The van der Waals surface area contributed by atoms with Gasteiger partial charge in [-0.2, -0.15) is 0 Å². The molecule has 0 aliphatic rings. The van der Waals surface area contributed by atoms with Crippen LogP contribution in [0.1, 0.15) is 15.4 Å². The average molecular weight is 352 g/mol. The van der Waals surface area contributed by atoms with Crippen molar-refractivity contribution in [3.8, 4) is 10.6 Å². The summed E-state index contributed by atoms with van der Waals surface area (Å²) in [6.07, 6.45) is 0. The van der Waals surface area contributed by atoms with E-state index in [1.54, 1.807) is 18.3 Å². The van der Waals surface area contributed by atoms with Crippen molar-refractivity contribution in [2.75, 3.05) is 5.32 Å². The molecule has 0 unspecified atom stereocenters. The highest BCUT2D eigenvalue weighted by molar-refractivity contribution is 7.21. The minimum Gasteiger partial charge on any atom is -0.321 e. The molecule has 2 heterocycles. The lowest BCUT2D eigenvalue weighted by Crippen LogP contribution is -2.11. The molecule has 0 atom stereocenters. The number of carbonyl (C=O) groups excluding carboxylic acids is 1. The highest BCUT2D eigenvalue weighted by atomic mass is 32.1. The third-order valence-electron chi connectivity index (χ3n) is 3.52. The maximum Gasteiger partial charge on any atom is 0.269 e. The molecule has 0 saturated carbocycles. The molecule has 2 aromatic carbocycles. The minimum atomic E-state index is -0.191. The number of nitrogens with one attached hydrogen (secondary N) is 1. The number of benzene rings is 2. The third kappa shape index (κ3) is 2.79. The summed E-state index contributed by atoms with van der Waals surface area (Å²) in [6.45, 7) is 1.77. The van der Waals surface area contributed by atoms with E-state index in [9.17, 15) is 4.79 Å². The molecule has 0 aliphatic heterocycles. The first-order chi connectivity index (χ1) is 11.7. The number of nitrogens with zero attached hydrogens (tertiary/aromatic N) is 3. The zero-order valence-corrected chi connectivity index (χ0v) is 14.3. The van der Waals surface area contributed by atoms with Crippen LogP contribution in [-0.4, -0.2) is 20.5 Å². The maximum atomic E-state index is 12.3. The molecule has 1 N–H and O–H groups in total. The standard InChI is InChI=1S/C17H12N4OS2/c1-10-15(24-21-20-10)16(22)18-12-6-4-5-11(9-12)17-19-13-7-2-3-8-14(13)23-17/h2-9H,1H3,(H,18,22). The van der Waals surface area contributed by atoms with Gasteiger partial charge in [-0.25, -0.2) is 4.98 Å². The molecule has 0 saturated heterocycles. The Hall–Kier alpha value is -2.64. The van der Waals surface area contributed by atoms with E-state index in [2.05, 4.69) is 26.0 Å². The van der Waals surface area contributed by atoms with Crippen LogP contribution in [0.25, 0.3) is 20.8 Å². The minimum absolute atomic E-state index is 0.191. The van der Waals surface area contributed by atoms with E-state index in [4.69, 9.17) is 0 Å². The average Bonchev–Trinajstić information content (AvgIpc) is 3.21. The molecule has 1 amide bonds. The molecule has 24 heavy (non-hydrogen) atoms. The van der Waals surface area contributed by atoms with Crippen LogP contribution in [0.15, 0.2) is 48.5 Å². The van der Waals surface area contributed by atoms with Gasteiger partial charge in [-0.05, 0) is 42.7 Å². The number of thiazole rings is 1. The molecule has 5 nitrogen and oxygen atoms in total. The Balaban J connectivity index is 1.64. The zero-order chi connectivity index (χ0) is 16.5. The molecule has 2 aromatic heterocycles. The van der Waals surface area contributed by atoms with Gasteiger partial charge in [0.25, 0.3) is 5.91 Å². The number of fused-ring (bicyclic) bond motifs is 1. The second kappa shape index (κ2) is 6.10. The van der Waals surface area contributed by atoms with Crippen LogP contribution in [-0.2, 0) is 0 Å². The summed E-state index contributed by atoms with van der Waals surface area (Å²) in [5.41, 5.74) is 3.33. The van der Waals surface area contributed by atoms with Gasteiger partial charge in [0.05, 0.1) is 15.9 Å². The van der Waals surface area contributed by atoms with Gasteiger partial charge in [0.15, 0.2) is 0 Å². The van der Waals surface area contributed by atoms with Gasteiger partial charge >= 0.3 is 0 Å². The molecule has 0 radical (unpaired) electrons. The predicted octanol–water partition coefficient (Wildman–Crippen LogP) is 4.38. The van der Waals surface area contributed by atoms with Crippen molar-refractivity contribution in [2.45, 2.75) is 6.92 Å². The predicted molar refractivity (Wildman–Crippen MR) is 97.7 cm³/mol. The van der Waals surface area contributed by atoms with Crippen molar-refractivity contribution in [3.63, 3.8) is 0 Å². The number of amides is 1. The van der Waals surface area contributed by atoms with E-state index in [0.29, 0.717) is 10.6 Å². The van der Waals surface area contributed by atoms with Crippen LogP contribution in [0.2, 0.25) is 0 Å². The zero-order valence-electron chi connectivity index (χ0n) is 12.7. The van der Waals surface area contributed by atoms with Crippen LogP contribution >= 0.6 is 22.9 Å². The molecule has 118 valence electrons. The molecular weight excluding hydrogens is 340 g/mol. The summed E-state index contributed by atoms with van der Waals surface area (Å²) in [5, 5.41) is 7.70. The lowest BCUT2D eigenvalue weighted by atomic mass is 10.2. The Labute approximate surface area is 146 Å². The van der Waals surface area contributed by atoms with Crippen molar-refractivity contribution in [1.29, 1.82) is 0 Å². The van der Waals surface area contributed by atoms with Crippen molar-refractivity contribution in [1.82, 2.24) is 14.6 Å². The number of hydrogen-bond donors (Lipinski definition) is 1. The summed E-state index contributed by atoms with van der Waals surface area (Å²) in [4.78, 5) is 17.5. The third-order valence-corrected chi connectivity index (χ3v) is 5.43. The fourth-order valence-electron chi connectivity index (χ4n) is 2.35. The Morgan fingerprint density at radius 1 is 1.12 bits per heavy atom. The quantitative estimate of drug-likeness (QED) is 0.594. The molecule has 0 aliphatic carbocycles. The van der Waals surface area contributed by atoms with Gasteiger partial charge < -0.3 is 5.32 Å². The van der Waals surface area contributed by atoms with E-state index in [1.807, 2.05) is 42.5 Å². The summed E-state index contributed by atoms with van der Waals surface area (Å²) >= 11 is 2.73. The van der Waals surface area contributed by atoms with Crippen LogP contribution in [0.3, 0.4) is 0 Å². The van der Waals surface area contributed by atoms with Crippen molar-refractivity contribution < 1.29 is 4.79 Å². The second-order valence-electron chi connectivity index (χ2n) is 5.21. The van der Waals surface area contributed by atoms with Gasteiger partial charge in [-0.1, -0.05) is 28.8 Å². The Morgan fingerprint density at radius 3 is 2.79 bits per heavy atom. The van der Waals surface area contributed by atoms with E-state index in [-0.39, 0.29) is 5.91 Å². The molecule has 0 bridgehead atoms. The Kier molecular flexibility index (Phi) is 3.79. The first-order valence-electron chi connectivity index (χ1n) is 7.27. The van der Waals surface area contributed by atoms with E-state index in [1.165, 1.54) is 0 Å². The van der Waals surface area contributed by atoms with Crippen LogP contribution in [0.4, 0.5) is 5.69 Å².